The van der Waals surface area contributed by atoms with Crippen molar-refractivity contribution in [3.05, 3.63) is 40.7 Å². The van der Waals surface area contributed by atoms with Gasteiger partial charge in [-0.3, -0.25) is 9.48 Å². The predicted octanol–water partition coefficient (Wildman–Crippen LogP) is 1.90. The van der Waals surface area contributed by atoms with Crippen LogP contribution in [0.25, 0.3) is 0 Å². The van der Waals surface area contributed by atoms with Crippen molar-refractivity contribution in [2.45, 2.75) is 40.7 Å². The van der Waals surface area contributed by atoms with E-state index in [1.807, 2.05) is 38.4 Å². The Kier molecular flexibility index (Phi) is 4.35. The molecule has 2 aromatic rings. The van der Waals surface area contributed by atoms with Gasteiger partial charge in [0.25, 0.3) is 5.91 Å². The van der Waals surface area contributed by atoms with Crippen molar-refractivity contribution >= 4 is 5.91 Å². The topological polar surface area (TPSA) is 72.7 Å². The highest BCUT2D eigenvalue weighted by atomic mass is 16.1. The first-order valence-corrected chi connectivity index (χ1v) is 6.99. The van der Waals surface area contributed by atoms with Gasteiger partial charge in [-0.2, -0.15) is 5.10 Å². The highest BCUT2D eigenvalue weighted by Crippen LogP contribution is 2.10. The Labute approximate surface area is 124 Å². The van der Waals surface area contributed by atoms with Crippen LogP contribution in [0.3, 0.4) is 0 Å². The van der Waals surface area contributed by atoms with Crippen LogP contribution >= 0.6 is 0 Å². The van der Waals surface area contributed by atoms with Crippen LogP contribution in [0.1, 0.15) is 46.2 Å². The lowest BCUT2D eigenvalue weighted by molar-refractivity contribution is 0.0946. The largest absolute Gasteiger partial charge is 0.350 e. The van der Waals surface area contributed by atoms with E-state index >= 15 is 0 Å². The number of nitrogens with zero attached hydrogens (tertiary/aromatic N) is 4. The van der Waals surface area contributed by atoms with E-state index in [1.54, 1.807) is 13.1 Å². The molecule has 2 heterocycles. The summed E-state index contributed by atoms with van der Waals surface area (Å²) < 4.78 is 1.92. The van der Waals surface area contributed by atoms with Gasteiger partial charge in [0.1, 0.15) is 5.82 Å². The van der Waals surface area contributed by atoms with Gasteiger partial charge in [-0.05, 0) is 40.7 Å². The van der Waals surface area contributed by atoms with E-state index < -0.39 is 0 Å². The fourth-order valence-corrected chi connectivity index (χ4v) is 2.32. The summed E-state index contributed by atoms with van der Waals surface area (Å²) in [6.45, 7) is 10.1. The fraction of sp³-hybridized carbons (Fsp3) is 0.467. The van der Waals surface area contributed by atoms with Crippen LogP contribution in [0.15, 0.2) is 12.3 Å². The molecule has 2 rings (SSSR count). The third-order valence-corrected chi connectivity index (χ3v) is 3.36. The number of hydrogen-bond donors (Lipinski definition) is 1. The van der Waals surface area contributed by atoms with E-state index in [2.05, 4.69) is 20.4 Å². The van der Waals surface area contributed by atoms with Gasteiger partial charge in [0.15, 0.2) is 0 Å². The number of carbonyl (C=O) groups excluding carboxylic acids is 1. The number of carbonyl (C=O) groups is 1. The van der Waals surface area contributed by atoms with Gasteiger partial charge in [0.05, 0.1) is 23.0 Å². The van der Waals surface area contributed by atoms with Crippen LogP contribution in [-0.2, 0) is 0 Å². The summed E-state index contributed by atoms with van der Waals surface area (Å²) in [5.41, 5.74) is 3.28. The van der Waals surface area contributed by atoms with E-state index in [4.69, 9.17) is 0 Å². The van der Waals surface area contributed by atoms with Crippen LogP contribution in [0.5, 0.6) is 0 Å². The first-order chi connectivity index (χ1) is 9.88. The average molecular weight is 287 g/mol. The second-order valence-electron chi connectivity index (χ2n) is 5.35. The van der Waals surface area contributed by atoms with Crippen molar-refractivity contribution in [3.63, 3.8) is 0 Å². The van der Waals surface area contributed by atoms with Gasteiger partial charge in [-0.1, -0.05) is 0 Å². The first kappa shape index (κ1) is 15.2. The Morgan fingerprint density at radius 2 is 2.05 bits per heavy atom. The maximum absolute atomic E-state index is 12.2. The van der Waals surface area contributed by atoms with Gasteiger partial charge in [0.2, 0.25) is 0 Å². The third-order valence-electron chi connectivity index (χ3n) is 3.36. The first-order valence-electron chi connectivity index (χ1n) is 6.99. The molecule has 1 amide bonds. The minimum absolute atomic E-state index is 0.0920. The van der Waals surface area contributed by atoms with E-state index in [0.29, 0.717) is 23.6 Å². The van der Waals surface area contributed by atoms with Crippen molar-refractivity contribution in [1.82, 2.24) is 25.1 Å². The molecule has 0 aromatic carbocycles. The maximum Gasteiger partial charge on any atom is 0.254 e. The summed E-state index contributed by atoms with van der Waals surface area (Å²) in [4.78, 5) is 20.5. The summed E-state index contributed by atoms with van der Waals surface area (Å²) in [6.07, 6.45) is 1.57. The molecule has 0 aliphatic rings. The van der Waals surface area contributed by atoms with Crippen molar-refractivity contribution in [2.75, 3.05) is 6.54 Å². The SMILES string of the molecule is Cc1cc(C)n([C@@H](C)CNC(=O)c2cnc(C)nc2C)n1. The minimum Gasteiger partial charge on any atom is -0.350 e. The summed E-state index contributed by atoms with van der Waals surface area (Å²) in [7, 11) is 0. The highest BCUT2D eigenvalue weighted by Gasteiger charge is 2.14. The molecule has 2 aromatic heterocycles. The molecule has 0 bridgehead atoms. The van der Waals surface area contributed by atoms with E-state index in [0.717, 1.165) is 11.4 Å². The standard InChI is InChI=1S/C15H21N5O/c1-9-6-10(2)20(19-9)11(3)7-17-15(21)14-8-16-13(5)18-12(14)4/h6,8,11H,7H2,1-5H3,(H,17,21)/t11-/m0/s1. The third kappa shape index (κ3) is 3.45. The number of rotatable bonds is 4. The molecule has 6 nitrogen and oxygen atoms in total. The molecule has 1 atom stereocenters. The molecule has 112 valence electrons. The number of amides is 1. The number of nitrogens with one attached hydrogen (secondary N) is 1. The molecular weight excluding hydrogens is 266 g/mol. The zero-order valence-corrected chi connectivity index (χ0v) is 13.1. The number of aromatic nitrogens is 4. The second kappa shape index (κ2) is 6.03. The van der Waals surface area contributed by atoms with Gasteiger partial charge < -0.3 is 5.32 Å². The zero-order valence-electron chi connectivity index (χ0n) is 13.1. The summed E-state index contributed by atoms with van der Waals surface area (Å²) >= 11 is 0. The molecule has 1 N–H and O–H groups in total. The van der Waals surface area contributed by atoms with Crippen molar-refractivity contribution in [2.24, 2.45) is 0 Å². The Balaban J connectivity index is 2.02. The molecule has 6 heteroatoms. The van der Waals surface area contributed by atoms with Gasteiger partial charge >= 0.3 is 0 Å². The normalized spacial score (nSPS) is 12.2. The minimum atomic E-state index is -0.152. The predicted molar refractivity (Wildman–Crippen MR) is 80.3 cm³/mol. The maximum atomic E-state index is 12.2. The van der Waals surface area contributed by atoms with Crippen molar-refractivity contribution in [3.8, 4) is 0 Å². The monoisotopic (exact) mass is 287 g/mol. The van der Waals surface area contributed by atoms with Gasteiger partial charge in [-0.15, -0.1) is 0 Å². The van der Waals surface area contributed by atoms with Crippen LogP contribution in [0.4, 0.5) is 0 Å². The smallest absolute Gasteiger partial charge is 0.254 e. The van der Waals surface area contributed by atoms with Crippen molar-refractivity contribution in [1.29, 1.82) is 0 Å². The Bertz CT molecular complexity index is 662. The lowest BCUT2D eigenvalue weighted by Crippen LogP contribution is -2.31. The summed E-state index contributed by atoms with van der Waals surface area (Å²) in [5.74, 6) is 0.515. The molecule has 0 aliphatic carbocycles. The lowest BCUT2D eigenvalue weighted by Gasteiger charge is -2.15. The van der Waals surface area contributed by atoms with Crippen molar-refractivity contribution < 1.29 is 4.79 Å². The molecular formula is C15H21N5O. The molecule has 0 fully saturated rings. The Hall–Kier alpha value is -2.24. The zero-order chi connectivity index (χ0) is 15.6. The van der Waals surface area contributed by atoms with Gasteiger partial charge in [-0.25, -0.2) is 9.97 Å². The summed E-state index contributed by atoms with van der Waals surface area (Å²) in [5, 5.41) is 7.34. The summed E-state index contributed by atoms with van der Waals surface area (Å²) in [6, 6.07) is 2.12. The molecule has 0 spiro atoms. The Morgan fingerprint density at radius 3 is 2.62 bits per heavy atom. The molecule has 0 unspecified atom stereocenters. The molecule has 0 saturated heterocycles. The average Bonchev–Trinajstić information content (AvgIpc) is 2.74. The Morgan fingerprint density at radius 1 is 1.33 bits per heavy atom. The second-order valence-corrected chi connectivity index (χ2v) is 5.35. The van der Waals surface area contributed by atoms with E-state index in [9.17, 15) is 4.79 Å². The molecule has 0 radical (unpaired) electrons. The fourth-order valence-electron chi connectivity index (χ4n) is 2.32. The van der Waals surface area contributed by atoms with E-state index in [-0.39, 0.29) is 11.9 Å². The van der Waals surface area contributed by atoms with Crippen LogP contribution in [0, 0.1) is 27.7 Å². The molecule has 0 saturated carbocycles. The number of aryl methyl sites for hydroxylation is 4. The van der Waals surface area contributed by atoms with Crippen LogP contribution in [0.2, 0.25) is 0 Å². The van der Waals surface area contributed by atoms with E-state index in [1.165, 1.54) is 0 Å². The number of hydrogen-bond acceptors (Lipinski definition) is 4. The quantitative estimate of drug-likeness (QED) is 0.932. The molecule has 21 heavy (non-hydrogen) atoms. The van der Waals surface area contributed by atoms with Crippen LogP contribution < -0.4 is 5.32 Å². The highest BCUT2D eigenvalue weighted by molar-refractivity contribution is 5.94. The lowest BCUT2D eigenvalue weighted by atomic mass is 10.2. The van der Waals surface area contributed by atoms with Crippen LogP contribution in [-0.4, -0.2) is 32.2 Å². The van der Waals surface area contributed by atoms with Gasteiger partial charge in [0, 0.05) is 18.4 Å². The molecule has 0 aliphatic heterocycles.